The van der Waals surface area contributed by atoms with Crippen LogP contribution in [-0.4, -0.2) is 32.7 Å². The summed E-state index contributed by atoms with van der Waals surface area (Å²) in [6.45, 7) is 5.33. The minimum Gasteiger partial charge on any atom is -0.493 e. The number of hydrogen-bond acceptors (Lipinski definition) is 4. The zero-order valence-corrected chi connectivity index (χ0v) is 15.0. The number of aryl methyl sites for hydroxylation is 1. The van der Waals surface area contributed by atoms with Crippen LogP contribution in [-0.2, 0) is 4.79 Å². The zero-order valence-electron chi connectivity index (χ0n) is 15.0. The number of rotatable bonds is 9. The van der Waals surface area contributed by atoms with Crippen LogP contribution in [0.2, 0.25) is 0 Å². The lowest BCUT2D eigenvalue weighted by atomic mass is 10.0. The van der Waals surface area contributed by atoms with Gasteiger partial charge in [-0.1, -0.05) is 36.4 Å². The van der Waals surface area contributed by atoms with Gasteiger partial charge in [-0.25, -0.2) is 0 Å². The van der Waals surface area contributed by atoms with Gasteiger partial charge in [-0.05, 0) is 37.1 Å². The number of carbonyl (C=O) groups excluding carboxylic acids is 1. The highest BCUT2D eigenvalue weighted by Crippen LogP contribution is 2.25. The molecule has 2 aromatic carbocycles. The van der Waals surface area contributed by atoms with Crippen molar-refractivity contribution in [1.82, 2.24) is 10.6 Å². The Morgan fingerprint density at radius 3 is 2.48 bits per heavy atom. The fourth-order valence-corrected chi connectivity index (χ4v) is 2.62. The van der Waals surface area contributed by atoms with Crippen molar-refractivity contribution in [3.05, 3.63) is 59.7 Å². The molecule has 0 saturated heterocycles. The van der Waals surface area contributed by atoms with Gasteiger partial charge < -0.3 is 20.1 Å². The summed E-state index contributed by atoms with van der Waals surface area (Å²) >= 11 is 0. The molecule has 1 amide bonds. The number of hydrogen-bond donors (Lipinski definition) is 2. The van der Waals surface area contributed by atoms with Crippen LogP contribution in [0, 0.1) is 6.92 Å². The minimum atomic E-state index is -0.0342. The lowest BCUT2D eigenvalue weighted by molar-refractivity contribution is -0.120. The predicted molar refractivity (Wildman–Crippen MR) is 99.1 cm³/mol. The largest absolute Gasteiger partial charge is 0.493 e. The molecule has 0 heterocycles. The van der Waals surface area contributed by atoms with Crippen molar-refractivity contribution < 1.29 is 14.3 Å². The Hall–Kier alpha value is -2.53. The fourth-order valence-electron chi connectivity index (χ4n) is 2.62. The van der Waals surface area contributed by atoms with E-state index in [0.717, 1.165) is 5.56 Å². The maximum absolute atomic E-state index is 12.0. The Balaban J connectivity index is 1.68. The van der Waals surface area contributed by atoms with Crippen LogP contribution in [0.1, 0.15) is 24.1 Å². The first-order chi connectivity index (χ1) is 12.1. The van der Waals surface area contributed by atoms with Crippen molar-refractivity contribution in [2.75, 3.05) is 26.8 Å². The van der Waals surface area contributed by atoms with Crippen molar-refractivity contribution in [1.29, 1.82) is 0 Å². The van der Waals surface area contributed by atoms with E-state index in [2.05, 4.69) is 10.6 Å². The van der Waals surface area contributed by atoms with E-state index in [1.54, 1.807) is 7.11 Å². The van der Waals surface area contributed by atoms with Gasteiger partial charge in [0.15, 0.2) is 11.5 Å². The van der Waals surface area contributed by atoms with Gasteiger partial charge >= 0.3 is 0 Å². The molecule has 0 bridgehead atoms. The van der Waals surface area contributed by atoms with Crippen LogP contribution in [0.4, 0.5) is 0 Å². The quantitative estimate of drug-likeness (QED) is 0.688. The third-order valence-electron chi connectivity index (χ3n) is 3.92. The molecule has 0 spiro atoms. The van der Waals surface area contributed by atoms with E-state index >= 15 is 0 Å². The van der Waals surface area contributed by atoms with Gasteiger partial charge in [0, 0.05) is 6.54 Å². The summed E-state index contributed by atoms with van der Waals surface area (Å²) in [6, 6.07) is 15.5. The number of nitrogens with one attached hydrogen (secondary N) is 2. The van der Waals surface area contributed by atoms with Gasteiger partial charge in [-0.2, -0.15) is 0 Å². The van der Waals surface area contributed by atoms with E-state index in [1.165, 1.54) is 5.56 Å². The van der Waals surface area contributed by atoms with E-state index in [4.69, 9.17) is 9.47 Å². The molecule has 5 nitrogen and oxygen atoms in total. The molecule has 134 valence electrons. The molecular formula is C20H26N2O3. The number of para-hydroxylation sites is 2. The van der Waals surface area contributed by atoms with Gasteiger partial charge in [-0.3, -0.25) is 4.79 Å². The third-order valence-corrected chi connectivity index (χ3v) is 3.92. The molecule has 2 N–H and O–H groups in total. The fraction of sp³-hybridized carbons (Fsp3) is 0.350. The second-order valence-corrected chi connectivity index (χ2v) is 5.82. The Labute approximate surface area is 149 Å². The second kappa shape index (κ2) is 9.69. The first kappa shape index (κ1) is 18.8. The van der Waals surface area contributed by atoms with Gasteiger partial charge in [-0.15, -0.1) is 0 Å². The monoisotopic (exact) mass is 342 g/mol. The van der Waals surface area contributed by atoms with Gasteiger partial charge in [0.2, 0.25) is 5.91 Å². The highest BCUT2D eigenvalue weighted by Gasteiger charge is 2.10. The number of ether oxygens (including phenoxy) is 2. The van der Waals surface area contributed by atoms with Gasteiger partial charge in [0.1, 0.15) is 6.61 Å². The molecule has 1 unspecified atom stereocenters. The van der Waals surface area contributed by atoms with Crippen LogP contribution in [0.3, 0.4) is 0 Å². The van der Waals surface area contributed by atoms with E-state index in [-0.39, 0.29) is 18.5 Å². The molecule has 5 heteroatoms. The Bertz CT molecular complexity index is 688. The summed E-state index contributed by atoms with van der Waals surface area (Å²) in [5.74, 6) is 1.37. The molecule has 0 aliphatic rings. The maximum Gasteiger partial charge on any atom is 0.234 e. The molecule has 0 aromatic heterocycles. The summed E-state index contributed by atoms with van der Waals surface area (Å²) in [6.07, 6.45) is 0. The van der Waals surface area contributed by atoms with Crippen LogP contribution in [0.5, 0.6) is 11.5 Å². The molecule has 0 fully saturated rings. The lowest BCUT2D eigenvalue weighted by Crippen LogP contribution is -2.37. The van der Waals surface area contributed by atoms with E-state index < -0.39 is 0 Å². The Morgan fingerprint density at radius 1 is 1.08 bits per heavy atom. The average Bonchev–Trinajstić information content (AvgIpc) is 2.62. The topological polar surface area (TPSA) is 59.6 Å². The highest BCUT2D eigenvalue weighted by molar-refractivity contribution is 5.78. The number of benzene rings is 2. The number of amides is 1. The summed E-state index contributed by atoms with van der Waals surface area (Å²) < 4.78 is 10.9. The molecule has 0 aliphatic heterocycles. The SMILES string of the molecule is COc1ccccc1OCCNCC(=O)NC(C)c1ccccc1C. The van der Waals surface area contributed by atoms with Crippen LogP contribution in [0.15, 0.2) is 48.5 Å². The smallest absolute Gasteiger partial charge is 0.234 e. The minimum absolute atomic E-state index is 0.0136. The van der Waals surface area contributed by atoms with E-state index in [0.29, 0.717) is 24.7 Å². The molecule has 0 saturated carbocycles. The van der Waals surface area contributed by atoms with Crippen molar-refractivity contribution in [2.24, 2.45) is 0 Å². The molecule has 1 atom stereocenters. The van der Waals surface area contributed by atoms with Gasteiger partial charge in [0.05, 0.1) is 19.7 Å². The van der Waals surface area contributed by atoms with Crippen molar-refractivity contribution in [3.8, 4) is 11.5 Å². The standard InChI is InChI=1S/C20H26N2O3/c1-15-8-4-5-9-17(15)16(2)22-20(23)14-21-12-13-25-19-11-7-6-10-18(19)24-3/h4-11,16,21H,12-14H2,1-3H3,(H,22,23). The number of carbonyl (C=O) groups is 1. The summed E-state index contributed by atoms with van der Waals surface area (Å²) in [5, 5.41) is 6.09. The van der Waals surface area contributed by atoms with Crippen LogP contribution >= 0.6 is 0 Å². The van der Waals surface area contributed by atoms with Crippen LogP contribution < -0.4 is 20.1 Å². The Kier molecular flexibility index (Phi) is 7.29. The normalized spacial score (nSPS) is 11.6. The Morgan fingerprint density at radius 2 is 1.76 bits per heavy atom. The first-order valence-electron chi connectivity index (χ1n) is 8.43. The van der Waals surface area contributed by atoms with Crippen LogP contribution in [0.25, 0.3) is 0 Å². The van der Waals surface area contributed by atoms with Crippen molar-refractivity contribution in [3.63, 3.8) is 0 Å². The molecule has 2 rings (SSSR count). The molecule has 2 aromatic rings. The maximum atomic E-state index is 12.0. The zero-order chi connectivity index (χ0) is 18.1. The van der Waals surface area contributed by atoms with E-state index in [1.807, 2.05) is 62.4 Å². The predicted octanol–water partition coefficient (Wildman–Crippen LogP) is 2.85. The molecular weight excluding hydrogens is 316 g/mol. The molecule has 0 radical (unpaired) electrons. The third kappa shape index (κ3) is 5.80. The lowest BCUT2D eigenvalue weighted by Gasteiger charge is -2.17. The first-order valence-corrected chi connectivity index (χ1v) is 8.43. The number of methoxy groups -OCH3 is 1. The van der Waals surface area contributed by atoms with E-state index in [9.17, 15) is 4.79 Å². The second-order valence-electron chi connectivity index (χ2n) is 5.82. The average molecular weight is 342 g/mol. The highest BCUT2D eigenvalue weighted by atomic mass is 16.5. The van der Waals surface area contributed by atoms with Crippen molar-refractivity contribution >= 4 is 5.91 Å². The summed E-state index contributed by atoms with van der Waals surface area (Å²) in [7, 11) is 1.61. The van der Waals surface area contributed by atoms with Gasteiger partial charge in [0.25, 0.3) is 0 Å². The molecule has 0 aliphatic carbocycles. The van der Waals surface area contributed by atoms with Crippen molar-refractivity contribution in [2.45, 2.75) is 19.9 Å². The summed E-state index contributed by atoms with van der Waals surface area (Å²) in [4.78, 5) is 12.0. The molecule has 25 heavy (non-hydrogen) atoms. The summed E-state index contributed by atoms with van der Waals surface area (Å²) in [5.41, 5.74) is 2.31.